The summed E-state index contributed by atoms with van der Waals surface area (Å²) in [5, 5.41) is 3.54. The van der Waals surface area contributed by atoms with Crippen molar-refractivity contribution in [1.82, 2.24) is 10.1 Å². The van der Waals surface area contributed by atoms with E-state index in [4.69, 9.17) is 0 Å². The van der Waals surface area contributed by atoms with Crippen LogP contribution >= 0.6 is 0 Å². The number of aromatic nitrogens is 1. The molecule has 0 saturated carbocycles. The van der Waals surface area contributed by atoms with Crippen molar-refractivity contribution in [3.63, 3.8) is 0 Å². The van der Waals surface area contributed by atoms with Crippen LogP contribution in [0.25, 0.3) is 0 Å². The number of methoxy groups -OCH3 is 1. The minimum atomic E-state index is -0.276. The van der Waals surface area contributed by atoms with E-state index in [0.717, 1.165) is 0 Å². The molecule has 0 spiro atoms. The van der Waals surface area contributed by atoms with Crippen LogP contribution in [0.1, 0.15) is 23.3 Å². The van der Waals surface area contributed by atoms with E-state index in [1.807, 2.05) is 0 Å². The number of carbonyl (C=O) groups is 2. The van der Waals surface area contributed by atoms with E-state index in [1.54, 1.807) is 7.05 Å². The Bertz CT molecular complexity index is 348. The third-order valence-corrected chi connectivity index (χ3v) is 2.11. The first-order chi connectivity index (χ1) is 7.65. The molecule has 0 radical (unpaired) electrons. The van der Waals surface area contributed by atoms with Crippen molar-refractivity contribution >= 4 is 11.9 Å². The average molecular weight is 226 g/mol. The summed E-state index contributed by atoms with van der Waals surface area (Å²) in [4.78, 5) is 24.0. The molecule has 6 nitrogen and oxygen atoms in total. The molecular weight excluding hydrogens is 212 g/mol. The summed E-state index contributed by atoms with van der Waals surface area (Å²) in [7, 11) is 2.99. The first-order valence-electron chi connectivity index (χ1n) is 4.88. The molecule has 16 heavy (non-hydrogen) atoms. The molecule has 1 rings (SSSR count). The van der Waals surface area contributed by atoms with Gasteiger partial charge in [0, 0.05) is 26.1 Å². The Morgan fingerprint density at radius 1 is 1.56 bits per heavy atom. The summed E-state index contributed by atoms with van der Waals surface area (Å²) < 4.78 is 9.07. The molecule has 0 unspecified atom stereocenters. The molecule has 0 aliphatic rings. The van der Waals surface area contributed by atoms with E-state index in [2.05, 4.69) is 14.4 Å². The quantitative estimate of drug-likeness (QED) is 0.691. The van der Waals surface area contributed by atoms with Gasteiger partial charge in [0.2, 0.25) is 0 Å². The molecule has 6 heteroatoms. The number of hydrogen-bond donors (Lipinski definition) is 0. The van der Waals surface area contributed by atoms with Gasteiger partial charge in [0.05, 0.1) is 7.11 Å². The van der Waals surface area contributed by atoms with Crippen LogP contribution in [0.2, 0.25) is 0 Å². The fraction of sp³-hybridized carbons (Fsp3) is 0.500. The van der Waals surface area contributed by atoms with Crippen molar-refractivity contribution < 1.29 is 18.8 Å². The van der Waals surface area contributed by atoms with Gasteiger partial charge in [-0.2, -0.15) is 0 Å². The van der Waals surface area contributed by atoms with Crippen LogP contribution in [0.5, 0.6) is 0 Å². The van der Waals surface area contributed by atoms with E-state index < -0.39 is 0 Å². The molecule has 0 aliphatic carbocycles. The second kappa shape index (κ2) is 5.89. The van der Waals surface area contributed by atoms with Crippen LogP contribution in [0.4, 0.5) is 0 Å². The van der Waals surface area contributed by atoms with Crippen LogP contribution in [0.3, 0.4) is 0 Å². The maximum absolute atomic E-state index is 11.6. The minimum Gasteiger partial charge on any atom is -0.469 e. The van der Waals surface area contributed by atoms with Gasteiger partial charge < -0.3 is 14.2 Å². The lowest BCUT2D eigenvalue weighted by Gasteiger charge is -2.14. The standard InChI is InChI=1S/C10H14N2O4/c1-12(6-3-4-9(13)15-2)10(14)8-5-7-16-11-8/h5,7H,3-4,6H2,1-2H3. The highest BCUT2D eigenvalue weighted by atomic mass is 16.5. The Hall–Kier alpha value is -1.85. The number of esters is 1. The van der Waals surface area contributed by atoms with E-state index in [1.165, 1.54) is 24.3 Å². The molecule has 1 aromatic heterocycles. The van der Waals surface area contributed by atoms with Crippen LogP contribution < -0.4 is 0 Å². The fourth-order valence-corrected chi connectivity index (χ4v) is 1.18. The van der Waals surface area contributed by atoms with Crippen LogP contribution in [-0.2, 0) is 9.53 Å². The second-order valence-corrected chi connectivity index (χ2v) is 3.29. The molecule has 0 aromatic carbocycles. The number of nitrogens with zero attached hydrogens (tertiary/aromatic N) is 2. The minimum absolute atomic E-state index is 0.224. The predicted molar refractivity (Wildman–Crippen MR) is 54.7 cm³/mol. The highest BCUT2D eigenvalue weighted by Gasteiger charge is 2.14. The first-order valence-corrected chi connectivity index (χ1v) is 4.88. The Kier molecular flexibility index (Phi) is 4.50. The van der Waals surface area contributed by atoms with Gasteiger partial charge in [-0.25, -0.2) is 0 Å². The van der Waals surface area contributed by atoms with Crippen molar-refractivity contribution in [3.05, 3.63) is 18.0 Å². The molecule has 1 heterocycles. The smallest absolute Gasteiger partial charge is 0.305 e. The summed E-state index contributed by atoms with van der Waals surface area (Å²) in [6, 6.07) is 1.50. The van der Waals surface area contributed by atoms with Gasteiger partial charge in [0.1, 0.15) is 6.26 Å². The highest BCUT2D eigenvalue weighted by molar-refractivity contribution is 5.91. The van der Waals surface area contributed by atoms with Gasteiger partial charge in [-0.05, 0) is 6.42 Å². The summed E-state index contributed by atoms with van der Waals surface area (Å²) in [5.41, 5.74) is 0.264. The Morgan fingerprint density at radius 3 is 2.88 bits per heavy atom. The van der Waals surface area contributed by atoms with Gasteiger partial charge in [0.15, 0.2) is 5.69 Å². The number of carbonyl (C=O) groups excluding carboxylic acids is 2. The van der Waals surface area contributed by atoms with Crippen LogP contribution in [-0.4, -0.2) is 42.6 Å². The topological polar surface area (TPSA) is 72.6 Å². The number of hydrogen-bond acceptors (Lipinski definition) is 5. The van der Waals surface area contributed by atoms with Crippen molar-refractivity contribution in [1.29, 1.82) is 0 Å². The molecule has 1 amide bonds. The van der Waals surface area contributed by atoms with E-state index >= 15 is 0 Å². The van der Waals surface area contributed by atoms with Gasteiger partial charge >= 0.3 is 5.97 Å². The molecule has 88 valence electrons. The molecule has 0 fully saturated rings. The van der Waals surface area contributed by atoms with E-state index in [0.29, 0.717) is 19.4 Å². The summed E-state index contributed by atoms with van der Waals surface area (Å²) in [6.07, 6.45) is 2.20. The molecule has 0 aliphatic heterocycles. The predicted octanol–water partition coefficient (Wildman–Crippen LogP) is 0.700. The first kappa shape index (κ1) is 12.2. The second-order valence-electron chi connectivity index (χ2n) is 3.29. The zero-order chi connectivity index (χ0) is 12.0. The molecule has 0 bridgehead atoms. The van der Waals surface area contributed by atoms with Crippen molar-refractivity contribution in [2.75, 3.05) is 20.7 Å². The molecule has 0 N–H and O–H groups in total. The Morgan fingerprint density at radius 2 is 2.31 bits per heavy atom. The van der Waals surface area contributed by atoms with E-state index in [9.17, 15) is 9.59 Å². The van der Waals surface area contributed by atoms with Gasteiger partial charge in [0.25, 0.3) is 5.91 Å². The maximum atomic E-state index is 11.6. The number of ether oxygens (including phenoxy) is 1. The number of rotatable bonds is 5. The SMILES string of the molecule is COC(=O)CCCN(C)C(=O)c1ccon1. The molecule has 1 aromatic rings. The molecule has 0 atom stereocenters. The van der Waals surface area contributed by atoms with Gasteiger partial charge in [-0.3, -0.25) is 9.59 Å². The van der Waals surface area contributed by atoms with Crippen LogP contribution in [0, 0.1) is 0 Å². The highest BCUT2D eigenvalue weighted by Crippen LogP contribution is 2.02. The lowest BCUT2D eigenvalue weighted by Crippen LogP contribution is -2.28. The lowest BCUT2D eigenvalue weighted by molar-refractivity contribution is -0.140. The Labute approximate surface area is 93.1 Å². The van der Waals surface area contributed by atoms with Gasteiger partial charge in [-0.1, -0.05) is 5.16 Å². The number of amides is 1. The zero-order valence-corrected chi connectivity index (χ0v) is 9.30. The Balaban J connectivity index is 2.33. The maximum Gasteiger partial charge on any atom is 0.305 e. The monoisotopic (exact) mass is 226 g/mol. The molecular formula is C10H14N2O4. The third kappa shape index (κ3) is 3.38. The largest absolute Gasteiger partial charge is 0.469 e. The molecule has 0 saturated heterocycles. The van der Waals surface area contributed by atoms with Crippen molar-refractivity contribution in [3.8, 4) is 0 Å². The van der Waals surface area contributed by atoms with Gasteiger partial charge in [-0.15, -0.1) is 0 Å². The third-order valence-electron chi connectivity index (χ3n) is 2.11. The summed E-state index contributed by atoms with van der Waals surface area (Å²) in [6.45, 7) is 0.473. The normalized spacial score (nSPS) is 9.88. The zero-order valence-electron chi connectivity index (χ0n) is 9.30. The fourth-order valence-electron chi connectivity index (χ4n) is 1.18. The van der Waals surface area contributed by atoms with Crippen molar-refractivity contribution in [2.24, 2.45) is 0 Å². The lowest BCUT2D eigenvalue weighted by atomic mass is 10.3. The van der Waals surface area contributed by atoms with Crippen LogP contribution in [0.15, 0.2) is 16.9 Å². The van der Waals surface area contributed by atoms with Crippen molar-refractivity contribution in [2.45, 2.75) is 12.8 Å². The summed E-state index contributed by atoms with van der Waals surface area (Å²) >= 11 is 0. The van der Waals surface area contributed by atoms with E-state index in [-0.39, 0.29) is 17.6 Å². The summed E-state index contributed by atoms with van der Waals surface area (Å²) in [5.74, 6) is -0.499. The average Bonchev–Trinajstić information content (AvgIpc) is 2.81.